The standard InChI is InChI=1S/C19H23NO/c1-13(2)21-18-8-9-19(14(3)10-18)20-17-11-15-6-4-5-7-16(15)12-17/h4-10,13,17,20H,11-12H2,1-3H3. The van der Waals surface area contributed by atoms with E-state index in [0.717, 1.165) is 18.6 Å². The fourth-order valence-corrected chi connectivity index (χ4v) is 3.02. The zero-order valence-electron chi connectivity index (χ0n) is 13.0. The van der Waals surface area contributed by atoms with Crippen LogP contribution in [0.2, 0.25) is 0 Å². The maximum Gasteiger partial charge on any atom is 0.120 e. The number of fused-ring (bicyclic) bond motifs is 1. The second-order valence-corrected chi connectivity index (χ2v) is 6.16. The van der Waals surface area contributed by atoms with Crippen LogP contribution in [-0.2, 0) is 12.8 Å². The van der Waals surface area contributed by atoms with Gasteiger partial charge in [0, 0.05) is 11.7 Å². The summed E-state index contributed by atoms with van der Waals surface area (Å²) in [5, 5.41) is 3.68. The number of hydrogen-bond acceptors (Lipinski definition) is 2. The lowest BCUT2D eigenvalue weighted by atomic mass is 10.1. The molecule has 3 rings (SSSR count). The highest BCUT2D eigenvalue weighted by atomic mass is 16.5. The van der Waals surface area contributed by atoms with Gasteiger partial charge in [0.15, 0.2) is 0 Å². The van der Waals surface area contributed by atoms with Crippen LogP contribution in [0, 0.1) is 6.92 Å². The minimum absolute atomic E-state index is 0.215. The van der Waals surface area contributed by atoms with Crippen LogP contribution < -0.4 is 10.1 Å². The molecule has 0 aromatic heterocycles. The van der Waals surface area contributed by atoms with E-state index in [9.17, 15) is 0 Å². The monoisotopic (exact) mass is 281 g/mol. The molecule has 110 valence electrons. The van der Waals surface area contributed by atoms with Gasteiger partial charge in [-0.05, 0) is 68.5 Å². The Balaban J connectivity index is 1.69. The van der Waals surface area contributed by atoms with Crippen molar-refractivity contribution in [2.24, 2.45) is 0 Å². The molecule has 2 nitrogen and oxygen atoms in total. The van der Waals surface area contributed by atoms with Crippen LogP contribution in [0.3, 0.4) is 0 Å². The van der Waals surface area contributed by atoms with Crippen LogP contribution in [0.15, 0.2) is 42.5 Å². The lowest BCUT2D eigenvalue weighted by molar-refractivity contribution is 0.242. The summed E-state index contributed by atoms with van der Waals surface area (Å²) in [5.74, 6) is 0.947. The van der Waals surface area contributed by atoms with Gasteiger partial charge >= 0.3 is 0 Å². The summed E-state index contributed by atoms with van der Waals surface area (Å²) < 4.78 is 5.74. The average molecular weight is 281 g/mol. The molecule has 2 aromatic rings. The lowest BCUT2D eigenvalue weighted by Gasteiger charge is -2.17. The first-order valence-electron chi connectivity index (χ1n) is 7.72. The third-order valence-electron chi connectivity index (χ3n) is 3.98. The summed E-state index contributed by atoms with van der Waals surface area (Å²) in [7, 11) is 0. The molecule has 1 aliphatic rings. The van der Waals surface area contributed by atoms with Crippen molar-refractivity contribution in [3.8, 4) is 5.75 Å². The Labute approximate surface area is 127 Å². The zero-order valence-corrected chi connectivity index (χ0v) is 13.0. The third kappa shape index (κ3) is 3.21. The van der Waals surface area contributed by atoms with Crippen molar-refractivity contribution in [2.75, 3.05) is 5.32 Å². The first-order chi connectivity index (χ1) is 10.1. The molecule has 0 atom stereocenters. The van der Waals surface area contributed by atoms with E-state index in [1.54, 1.807) is 0 Å². The van der Waals surface area contributed by atoms with Gasteiger partial charge in [-0.2, -0.15) is 0 Å². The van der Waals surface area contributed by atoms with E-state index in [-0.39, 0.29) is 6.10 Å². The highest BCUT2D eigenvalue weighted by Gasteiger charge is 2.21. The number of ether oxygens (including phenoxy) is 1. The normalized spacial score (nSPS) is 14.3. The molecule has 1 N–H and O–H groups in total. The summed E-state index contributed by atoms with van der Waals surface area (Å²) in [4.78, 5) is 0. The predicted molar refractivity (Wildman–Crippen MR) is 88.2 cm³/mol. The zero-order chi connectivity index (χ0) is 14.8. The molecule has 0 aliphatic heterocycles. The first kappa shape index (κ1) is 14.0. The molecule has 0 radical (unpaired) electrons. The van der Waals surface area contributed by atoms with Crippen molar-refractivity contribution < 1.29 is 4.74 Å². The number of nitrogens with one attached hydrogen (secondary N) is 1. The average Bonchev–Trinajstić information content (AvgIpc) is 2.83. The molecule has 2 aromatic carbocycles. The fourth-order valence-electron chi connectivity index (χ4n) is 3.02. The summed E-state index contributed by atoms with van der Waals surface area (Å²) in [6.45, 7) is 6.24. The van der Waals surface area contributed by atoms with Gasteiger partial charge in [-0.1, -0.05) is 24.3 Å². The van der Waals surface area contributed by atoms with Gasteiger partial charge in [0.1, 0.15) is 5.75 Å². The van der Waals surface area contributed by atoms with E-state index in [0.29, 0.717) is 6.04 Å². The van der Waals surface area contributed by atoms with Crippen LogP contribution in [0.25, 0.3) is 0 Å². The molecule has 1 aliphatic carbocycles. The molecular formula is C19H23NO. The van der Waals surface area contributed by atoms with Crippen LogP contribution in [0.4, 0.5) is 5.69 Å². The van der Waals surface area contributed by atoms with Crippen LogP contribution in [0.5, 0.6) is 5.75 Å². The summed E-state index contributed by atoms with van der Waals surface area (Å²) >= 11 is 0. The molecule has 0 bridgehead atoms. The van der Waals surface area contributed by atoms with Crippen molar-refractivity contribution in [3.63, 3.8) is 0 Å². The molecule has 0 fully saturated rings. The number of rotatable bonds is 4. The Morgan fingerprint density at radius 1 is 1.05 bits per heavy atom. The number of benzene rings is 2. The van der Waals surface area contributed by atoms with Crippen molar-refractivity contribution in [3.05, 3.63) is 59.2 Å². The Bertz CT molecular complexity index is 608. The molecule has 21 heavy (non-hydrogen) atoms. The van der Waals surface area contributed by atoms with Crippen LogP contribution >= 0.6 is 0 Å². The predicted octanol–water partition coefficient (Wildman–Crippen LogP) is 4.36. The topological polar surface area (TPSA) is 21.3 Å². The SMILES string of the molecule is Cc1cc(OC(C)C)ccc1NC1Cc2ccccc2C1. The maximum atomic E-state index is 5.74. The van der Waals surface area contributed by atoms with E-state index in [4.69, 9.17) is 4.74 Å². The number of hydrogen-bond donors (Lipinski definition) is 1. The highest BCUT2D eigenvalue weighted by molar-refractivity contribution is 5.55. The van der Waals surface area contributed by atoms with E-state index in [1.165, 1.54) is 22.4 Å². The maximum absolute atomic E-state index is 5.74. The van der Waals surface area contributed by atoms with Gasteiger partial charge in [-0.3, -0.25) is 0 Å². The van der Waals surface area contributed by atoms with Gasteiger partial charge in [0.25, 0.3) is 0 Å². The van der Waals surface area contributed by atoms with E-state index in [1.807, 2.05) is 0 Å². The number of anilines is 1. The van der Waals surface area contributed by atoms with Crippen molar-refractivity contribution in [2.45, 2.75) is 45.8 Å². The molecule has 2 heteroatoms. The Kier molecular flexibility index (Phi) is 3.87. The van der Waals surface area contributed by atoms with Crippen molar-refractivity contribution in [1.82, 2.24) is 0 Å². The van der Waals surface area contributed by atoms with Crippen molar-refractivity contribution >= 4 is 5.69 Å². The smallest absolute Gasteiger partial charge is 0.120 e. The van der Waals surface area contributed by atoms with Gasteiger partial charge < -0.3 is 10.1 Å². The van der Waals surface area contributed by atoms with Gasteiger partial charge in [-0.25, -0.2) is 0 Å². The second kappa shape index (κ2) is 5.80. The third-order valence-corrected chi connectivity index (χ3v) is 3.98. The summed E-state index contributed by atoms with van der Waals surface area (Å²) in [6, 6.07) is 15.5. The Hall–Kier alpha value is -1.96. The second-order valence-electron chi connectivity index (χ2n) is 6.16. The van der Waals surface area contributed by atoms with E-state index >= 15 is 0 Å². The van der Waals surface area contributed by atoms with Crippen molar-refractivity contribution in [1.29, 1.82) is 0 Å². The minimum Gasteiger partial charge on any atom is -0.491 e. The molecule has 0 heterocycles. The van der Waals surface area contributed by atoms with E-state index in [2.05, 4.69) is 68.6 Å². The van der Waals surface area contributed by atoms with Gasteiger partial charge in [-0.15, -0.1) is 0 Å². The van der Waals surface area contributed by atoms with Gasteiger partial charge in [0.2, 0.25) is 0 Å². The lowest BCUT2D eigenvalue weighted by Crippen LogP contribution is -2.20. The van der Waals surface area contributed by atoms with Crippen LogP contribution in [0.1, 0.15) is 30.5 Å². The fraction of sp³-hybridized carbons (Fsp3) is 0.368. The quantitative estimate of drug-likeness (QED) is 0.899. The molecule has 0 unspecified atom stereocenters. The summed E-state index contributed by atoms with van der Waals surface area (Å²) in [6.07, 6.45) is 2.44. The Morgan fingerprint density at radius 3 is 2.29 bits per heavy atom. The molecule has 0 spiro atoms. The molecular weight excluding hydrogens is 258 g/mol. The van der Waals surface area contributed by atoms with Gasteiger partial charge in [0.05, 0.1) is 6.10 Å². The summed E-state index contributed by atoms with van der Waals surface area (Å²) in [5.41, 5.74) is 5.41. The molecule has 0 saturated carbocycles. The minimum atomic E-state index is 0.215. The van der Waals surface area contributed by atoms with Crippen LogP contribution in [-0.4, -0.2) is 12.1 Å². The molecule has 0 saturated heterocycles. The first-order valence-corrected chi connectivity index (χ1v) is 7.72. The Morgan fingerprint density at radius 2 is 1.71 bits per heavy atom. The number of aryl methyl sites for hydroxylation is 1. The van der Waals surface area contributed by atoms with E-state index < -0.39 is 0 Å². The highest BCUT2D eigenvalue weighted by Crippen LogP contribution is 2.27. The largest absolute Gasteiger partial charge is 0.491 e. The molecule has 0 amide bonds.